The van der Waals surface area contributed by atoms with Crippen LogP contribution in [0.2, 0.25) is 0 Å². The highest BCUT2D eigenvalue weighted by atomic mass is 79.9. The molecule has 1 saturated heterocycles. The van der Waals surface area contributed by atoms with E-state index < -0.39 is 12.3 Å². The number of nitrogens with one attached hydrogen (secondary N) is 1. The molecule has 2 rings (SSSR count). The molecule has 0 saturated carbocycles. The van der Waals surface area contributed by atoms with Gasteiger partial charge in [0.15, 0.2) is 6.17 Å². The van der Waals surface area contributed by atoms with E-state index in [-0.39, 0.29) is 0 Å². The minimum Gasteiger partial charge on any atom is -0.469 e. The normalized spacial score (nSPS) is 26.4. The molecular formula is C9H10BrFN2O. The molecule has 1 fully saturated rings. The number of aromatic nitrogens is 1. The lowest BCUT2D eigenvalue weighted by Gasteiger charge is -2.14. The molecule has 1 aromatic rings. The molecule has 76 valence electrons. The number of alkyl halides is 1. The largest absolute Gasteiger partial charge is 0.469 e. The molecule has 2 atom stereocenters. The Balaban J connectivity index is 2.07. The van der Waals surface area contributed by atoms with Gasteiger partial charge in [0.05, 0.1) is 4.47 Å². The van der Waals surface area contributed by atoms with Crippen molar-refractivity contribution in [3.63, 3.8) is 0 Å². The van der Waals surface area contributed by atoms with E-state index in [0.717, 1.165) is 4.47 Å². The number of hydrogen-bond acceptors (Lipinski definition) is 3. The Bertz CT molecular complexity index is 323. The molecular weight excluding hydrogens is 251 g/mol. The van der Waals surface area contributed by atoms with Gasteiger partial charge in [-0.3, -0.25) is 0 Å². The van der Waals surface area contributed by atoms with Crippen molar-refractivity contribution in [1.82, 2.24) is 10.3 Å². The summed E-state index contributed by atoms with van der Waals surface area (Å²) in [5.41, 5.74) is 0. The third kappa shape index (κ3) is 2.04. The second-order valence-electron chi connectivity index (χ2n) is 3.12. The van der Waals surface area contributed by atoms with Crippen LogP contribution < -0.4 is 10.1 Å². The van der Waals surface area contributed by atoms with Crippen LogP contribution in [0.4, 0.5) is 4.39 Å². The van der Waals surface area contributed by atoms with Gasteiger partial charge >= 0.3 is 0 Å². The molecule has 2 unspecified atom stereocenters. The Morgan fingerprint density at radius 2 is 2.43 bits per heavy atom. The summed E-state index contributed by atoms with van der Waals surface area (Å²) in [5, 5.41) is 2.92. The average Bonchev–Trinajstić information content (AvgIpc) is 2.56. The van der Waals surface area contributed by atoms with Crippen molar-refractivity contribution >= 4 is 15.9 Å². The zero-order valence-electron chi connectivity index (χ0n) is 7.41. The molecule has 0 aliphatic carbocycles. The summed E-state index contributed by atoms with van der Waals surface area (Å²) in [6.45, 7) is 0.888. The maximum atomic E-state index is 13.2. The lowest BCUT2D eigenvalue weighted by molar-refractivity contribution is 0.133. The predicted molar refractivity (Wildman–Crippen MR) is 54.1 cm³/mol. The number of pyridine rings is 1. The van der Waals surface area contributed by atoms with Crippen LogP contribution in [-0.4, -0.2) is 30.3 Å². The van der Waals surface area contributed by atoms with Gasteiger partial charge in [0.2, 0.25) is 5.88 Å². The van der Waals surface area contributed by atoms with Crippen LogP contribution >= 0.6 is 15.9 Å². The fraction of sp³-hybridized carbons (Fsp3) is 0.444. The van der Waals surface area contributed by atoms with Crippen LogP contribution in [0.25, 0.3) is 0 Å². The van der Waals surface area contributed by atoms with Crippen molar-refractivity contribution in [3.05, 3.63) is 22.8 Å². The van der Waals surface area contributed by atoms with Crippen LogP contribution in [0.3, 0.4) is 0 Å². The smallest absolute Gasteiger partial charge is 0.228 e. The quantitative estimate of drug-likeness (QED) is 0.876. The lowest BCUT2D eigenvalue weighted by Crippen LogP contribution is -2.27. The Morgan fingerprint density at radius 1 is 1.57 bits per heavy atom. The van der Waals surface area contributed by atoms with Crippen LogP contribution in [0, 0.1) is 0 Å². The second kappa shape index (κ2) is 4.23. The molecule has 2 heterocycles. The number of ether oxygens (including phenoxy) is 1. The number of halogens is 2. The summed E-state index contributed by atoms with van der Waals surface area (Å²) in [4.78, 5) is 4.01. The molecule has 14 heavy (non-hydrogen) atoms. The van der Waals surface area contributed by atoms with Crippen LogP contribution in [0.5, 0.6) is 5.88 Å². The van der Waals surface area contributed by atoms with E-state index in [1.165, 1.54) is 0 Å². The fourth-order valence-electron chi connectivity index (χ4n) is 1.34. The summed E-state index contributed by atoms with van der Waals surface area (Å²) >= 11 is 3.29. The zero-order valence-corrected chi connectivity index (χ0v) is 9.00. The molecule has 0 amide bonds. The van der Waals surface area contributed by atoms with Crippen molar-refractivity contribution in [2.75, 3.05) is 13.1 Å². The van der Waals surface area contributed by atoms with Crippen LogP contribution in [0.1, 0.15) is 0 Å². The van der Waals surface area contributed by atoms with Gasteiger partial charge in [0.25, 0.3) is 0 Å². The summed E-state index contributed by atoms with van der Waals surface area (Å²) in [5.74, 6) is 0.448. The van der Waals surface area contributed by atoms with Crippen molar-refractivity contribution in [1.29, 1.82) is 0 Å². The molecule has 1 aliphatic heterocycles. The second-order valence-corrected chi connectivity index (χ2v) is 3.98. The topological polar surface area (TPSA) is 34.1 Å². The molecule has 1 N–H and O–H groups in total. The highest BCUT2D eigenvalue weighted by molar-refractivity contribution is 9.10. The maximum Gasteiger partial charge on any atom is 0.228 e. The third-order valence-electron chi connectivity index (χ3n) is 2.08. The molecule has 3 nitrogen and oxygen atoms in total. The molecule has 5 heteroatoms. The third-order valence-corrected chi connectivity index (χ3v) is 2.68. The van der Waals surface area contributed by atoms with Gasteiger partial charge in [-0.1, -0.05) is 0 Å². The van der Waals surface area contributed by atoms with Gasteiger partial charge in [-0.15, -0.1) is 0 Å². The summed E-state index contributed by atoms with van der Waals surface area (Å²) < 4.78 is 19.3. The highest BCUT2D eigenvalue weighted by Crippen LogP contribution is 2.23. The van der Waals surface area contributed by atoms with Gasteiger partial charge in [-0.2, -0.15) is 0 Å². The van der Waals surface area contributed by atoms with Crippen molar-refractivity contribution in [3.8, 4) is 5.88 Å². The highest BCUT2D eigenvalue weighted by Gasteiger charge is 2.29. The van der Waals surface area contributed by atoms with E-state index in [4.69, 9.17) is 4.74 Å². The summed E-state index contributed by atoms with van der Waals surface area (Å²) in [7, 11) is 0. The van der Waals surface area contributed by atoms with Gasteiger partial charge in [0, 0.05) is 19.3 Å². The van der Waals surface area contributed by atoms with E-state index in [0.29, 0.717) is 19.0 Å². The molecule has 0 bridgehead atoms. The van der Waals surface area contributed by atoms with Crippen molar-refractivity contribution < 1.29 is 9.13 Å². The average molecular weight is 261 g/mol. The monoisotopic (exact) mass is 260 g/mol. The Hall–Kier alpha value is -0.680. The van der Waals surface area contributed by atoms with Gasteiger partial charge < -0.3 is 10.1 Å². The van der Waals surface area contributed by atoms with E-state index in [2.05, 4.69) is 26.2 Å². The maximum absolute atomic E-state index is 13.2. The molecule has 1 aliphatic rings. The van der Waals surface area contributed by atoms with E-state index >= 15 is 0 Å². The minimum atomic E-state index is -0.955. The number of nitrogens with zero attached hydrogens (tertiary/aromatic N) is 1. The van der Waals surface area contributed by atoms with Gasteiger partial charge in [0.1, 0.15) is 6.10 Å². The first-order chi connectivity index (χ1) is 6.77. The van der Waals surface area contributed by atoms with Gasteiger partial charge in [-0.25, -0.2) is 9.37 Å². The Morgan fingerprint density at radius 3 is 3.07 bits per heavy atom. The Kier molecular flexibility index (Phi) is 2.98. The molecule has 0 radical (unpaired) electrons. The lowest BCUT2D eigenvalue weighted by atomic mass is 10.3. The standard InChI is InChI=1S/C9H10BrFN2O/c10-6-2-1-3-13-9(6)14-8-5-12-4-7(8)11/h1-3,7-8,12H,4-5H2. The first-order valence-electron chi connectivity index (χ1n) is 4.39. The van der Waals surface area contributed by atoms with E-state index in [9.17, 15) is 4.39 Å². The number of hydrogen-bond donors (Lipinski definition) is 1. The van der Waals surface area contributed by atoms with Crippen molar-refractivity contribution in [2.24, 2.45) is 0 Å². The first-order valence-corrected chi connectivity index (χ1v) is 5.18. The van der Waals surface area contributed by atoms with E-state index in [1.54, 1.807) is 12.3 Å². The summed E-state index contributed by atoms with van der Waals surface area (Å²) in [6.07, 6.45) is 0.237. The van der Waals surface area contributed by atoms with Crippen LogP contribution in [0.15, 0.2) is 22.8 Å². The first kappa shape index (κ1) is 9.86. The predicted octanol–water partition coefficient (Wildman–Crippen LogP) is 1.53. The summed E-state index contributed by atoms with van der Waals surface area (Å²) in [6, 6.07) is 3.61. The fourth-order valence-corrected chi connectivity index (χ4v) is 1.69. The van der Waals surface area contributed by atoms with Crippen LogP contribution in [-0.2, 0) is 0 Å². The number of rotatable bonds is 2. The molecule has 0 spiro atoms. The van der Waals surface area contributed by atoms with E-state index in [1.807, 2.05) is 6.07 Å². The zero-order chi connectivity index (χ0) is 9.97. The Labute approximate surface area is 89.8 Å². The molecule has 1 aromatic heterocycles. The SMILES string of the molecule is FC1CNCC1Oc1ncccc1Br. The molecule has 0 aromatic carbocycles. The van der Waals surface area contributed by atoms with Crippen molar-refractivity contribution in [2.45, 2.75) is 12.3 Å². The van der Waals surface area contributed by atoms with Gasteiger partial charge in [-0.05, 0) is 28.1 Å². The minimum absolute atomic E-state index is 0.356.